The molecule has 0 unspecified atom stereocenters. The van der Waals surface area contributed by atoms with Gasteiger partial charge in [0, 0.05) is 21.5 Å². The van der Waals surface area contributed by atoms with Gasteiger partial charge in [0.2, 0.25) is 0 Å². The first kappa shape index (κ1) is 20.4. The molecular weight excluding hydrogens is 480 g/mol. The maximum Gasteiger partial charge on any atom is 0.364 e. The molecule has 7 aromatic rings. The zero-order valence-electron chi connectivity index (χ0n) is 19.4. The van der Waals surface area contributed by atoms with E-state index < -0.39 is 10.2 Å². The van der Waals surface area contributed by atoms with E-state index in [4.69, 9.17) is 0 Å². The second kappa shape index (κ2) is 7.15. The molecule has 0 N–H and O–H groups in total. The van der Waals surface area contributed by atoms with Crippen LogP contribution in [0, 0.1) is 0 Å². The fourth-order valence-electron chi connectivity index (χ4n) is 5.71. The van der Waals surface area contributed by atoms with Crippen LogP contribution in [0.2, 0.25) is 0 Å². The summed E-state index contributed by atoms with van der Waals surface area (Å²) in [4.78, 5) is 0. The highest BCUT2D eigenvalue weighted by atomic mass is 32.2. The number of hydrogen-bond acceptors (Lipinski definition) is 2. The first-order valence-corrected chi connectivity index (χ1v) is 13.4. The summed E-state index contributed by atoms with van der Waals surface area (Å²) in [7, 11) is -4.02. The fraction of sp³-hybridized carbons (Fsp3) is 0. The van der Waals surface area contributed by atoms with Gasteiger partial charge >= 0.3 is 10.2 Å². The van der Waals surface area contributed by atoms with Crippen LogP contribution in [0.1, 0.15) is 0 Å². The summed E-state index contributed by atoms with van der Waals surface area (Å²) in [6, 6.07) is 36.4. The highest BCUT2D eigenvalue weighted by molar-refractivity contribution is 7.88. The van der Waals surface area contributed by atoms with E-state index >= 15 is 0 Å². The van der Waals surface area contributed by atoms with E-state index in [1.807, 2.05) is 84.9 Å². The van der Waals surface area contributed by atoms with Crippen molar-refractivity contribution in [2.75, 3.05) is 0 Å². The Morgan fingerprint density at radius 2 is 0.730 bits per heavy atom. The average molecular weight is 499 g/mol. The summed E-state index contributed by atoms with van der Waals surface area (Å²) in [5.74, 6) is 0. The largest absolute Gasteiger partial charge is 0.364 e. The van der Waals surface area contributed by atoms with E-state index in [2.05, 4.69) is 42.2 Å². The zero-order chi connectivity index (χ0) is 24.7. The molecule has 37 heavy (non-hydrogen) atoms. The van der Waals surface area contributed by atoms with Gasteiger partial charge in [0.25, 0.3) is 0 Å². The first-order chi connectivity index (χ1) is 18.1. The number of aromatic nitrogens is 2. The summed E-state index contributed by atoms with van der Waals surface area (Å²) in [6.07, 6.45) is 0. The Bertz CT molecular complexity index is 2060. The van der Waals surface area contributed by atoms with Crippen LogP contribution in [0.5, 0.6) is 0 Å². The van der Waals surface area contributed by atoms with Gasteiger partial charge in [-0.05, 0) is 36.4 Å². The third-order valence-electron chi connectivity index (χ3n) is 7.16. The summed E-state index contributed by atoms with van der Waals surface area (Å²) in [5.41, 5.74) is 5.29. The van der Waals surface area contributed by atoms with Crippen LogP contribution in [0.4, 0.5) is 0 Å². The van der Waals surface area contributed by atoms with Crippen molar-refractivity contribution < 1.29 is 8.42 Å². The molecule has 0 bridgehead atoms. The smallest absolute Gasteiger partial charge is 0.307 e. The third-order valence-corrected chi connectivity index (χ3v) is 7.99. The topological polar surface area (TPSA) is 68.7 Å². The predicted molar refractivity (Wildman–Crippen MR) is 146 cm³/mol. The van der Waals surface area contributed by atoms with Gasteiger partial charge in [0.15, 0.2) is 0 Å². The molecule has 8 rings (SSSR count). The number of para-hydroxylation sites is 4. The fourth-order valence-corrected chi connectivity index (χ4v) is 6.58. The average Bonchev–Trinajstić information content (AvgIpc) is 3.55. The quantitative estimate of drug-likeness (QED) is 0.321. The maximum atomic E-state index is 12.8. The molecule has 1 aliphatic heterocycles. The Hall–Kier alpha value is -4.75. The monoisotopic (exact) mass is 498 g/mol. The van der Waals surface area contributed by atoms with Gasteiger partial charge < -0.3 is 9.13 Å². The van der Waals surface area contributed by atoms with Crippen molar-refractivity contribution in [3.05, 3.63) is 120 Å². The molecule has 0 saturated carbocycles. The molecule has 1 aliphatic rings. The van der Waals surface area contributed by atoms with Crippen molar-refractivity contribution in [1.29, 1.82) is 0 Å². The van der Waals surface area contributed by atoms with E-state index in [-0.39, 0.29) is 0 Å². The third kappa shape index (κ3) is 2.77. The van der Waals surface area contributed by atoms with Crippen LogP contribution in [0.25, 0.3) is 55.0 Å². The lowest BCUT2D eigenvalue weighted by atomic mass is 10.2. The number of hydrogen-bond donors (Lipinski definition) is 0. The standard InChI is InChI=1S/C30H18N4O2S/c35-37(36)31-29-27(33-23-13-5-1-9-19(23)20-10-2-6-14-24(20)33)17-18-28(30(29)32-37)34-25-15-7-3-11-21(25)22-12-4-8-16-26(22)34/h1-18H. The highest BCUT2D eigenvalue weighted by Gasteiger charge is 2.23. The van der Waals surface area contributed by atoms with Gasteiger partial charge in [-0.15, -0.1) is 8.80 Å². The van der Waals surface area contributed by atoms with E-state index in [0.29, 0.717) is 22.1 Å². The second-order valence-corrected chi connectivity index (χ2v) is 10.4. The molecule has 0 amide bonds. The van der Waals surface area contributed by atoms with Crippen LogP contribution in [-0.2, 0) is 10.2 Å². The summed E-state index contributed by atoms with van der Waals surface area (Å²) in [6.45, 7) is 0. The summed E-state index contributed by atoms with van der Waals surface area (Å²) in [5, 5.41) is 5.08. The van der Waals surface area contributed by atoms with E-state index in [1.54, 1.807) is 0 Å². The molecule has 0 radical (unpaired) electrons. The summed E-state index contributed by atoms with van der Waals surface area (Å²) >= 11 is 0. The van der Waals surface area contributed by atoms with Crippen molar-refractivity contribution in [2.24, 2.45) is 8.80 Å². The molecular formula is C30H18N4O2S. The SMILES string of the molecule is O=S1(=O)N=c2c(-n3c4ccccc4c4ccccc43)ccc(-n3c4ccccc4c4ccccc43)c2=N1. The van der Waals surface area contributed by atoms with Crippen molar-refractivity contribution in [3.8, 4) is 11.4 Å². The minimum atomic E-state index is -4.02. The van der Waals surface area contributed by atoms with Gasteiger partial charge in [0.05, 0.1) is 33.4 Å². The van der Waals surface area contributed by atoms with Crippen LogP contribution in [0.15, 0.2) is 118 Å². The van der Waals surface area contributed by atoms with Crippen LogP contribution in [-0.4, -0.2) is 17.6 Å². The first-order valence-electron chi connectivity index (χ1n) is 12.0. The molecule has 0 atom stereocenters. The lowest BCUT2D eigenvalue weighted by Crippen LogP contribution is -2.30. The molecule has 7 heteroatoms. The Labute approximate surface area is 211 Å². The molecule has 176 valence electrons. The Morgan fingerprint density at radius 1 is 0.432 bits per heavy atom. The minimum Gasteiger partial charge on any atom is -0.307 e. The number of rotatable bonds is 2. The number of fused-ring (bicyclic) bond motifs is 7. The Kier molecular flexibility index (Phi) is 3.95. The minimum absolute atomic E-state index is 0.353. The van der Waals surface area contributed by atoms with Crippen LogP contribution < -0.4 is 10.7 Å². The molecule has 5 aromatic carbocycles. The van der Waals surface area contributed by atoms with Crippen molar-refractivity contribution in [2.45, 2.75) is 0 Å². The molecule has 0 spiro atoms. The van der Waals surface area contributed by atoms with Crippen molar-refractivity contribution in [3.63, 3.8) is 0 Å². The molecule has 0 fully saturated rings. The van der Waals surface area contributed by atoms with Gasteiger partial charge in [0.1, 0.15) is 10.7 Å². The number of nitrogens with zero attached hydrogens (tertiary/aromatic N) is 4. The summed E-state index contributed by atoms with van der Waals surface area (Å²) < 4.78 is 38.1. The second-order valence-electron chi connectivity index (χ2n) is 9.17. The molecule has 2 aromatic heterocycles. The van der Waals surface area contributed by atoms with E-state index in [1.165, 1.54) is 0 Å². The predicted octanol–water partition coefficient (Wildman–Crippen LogP) is 5.38. The van der Waals surface area contributed by atoms with E-state index in [9.17, 15) is 8.42 Å². The zero-order valence-corrected chi connectivity index (χ0v) is 20.2. The lowest BCUT2D eigenvalue weighted by Gasteiger charge is -2.11. The Balaban J connectivity index is 1.54. The van der Waals surface area contributed by atoms with Crippen LogP contribution in [0.3, 0.4) is 0 Å². The molecule has 3 heterocycles. The van der Waals surface area contributed by atoms with Gasteiger partial charge in [-0.3, -0.25) is 0 Å². The van der Waals surface area contributed by atoms with Gasteiger partial charge in [-0.25, -0.2) is 0 Å². The highest BCUT2D eigenvalue weighted by Crippen LogP contribution is 2.33. The lowest BCUT2D eigenvalue weighted by molar-refractivity contribution is 0.599. The molecule has 0 aliphatic carbocycles. The normalized spacial score (nSPS) is 14.3. The molecule has 0 saturated heterocycles. The van der Waals surface area contributed by atoms with Crippen molar-refractivity contribution >= 4 is 53.8 Å². The van der Waals surface area contributed by atoms with Gasteiger partial charge in [-0.2, -0.15) is 8.42 Å². The number of benzene rings is 5. The van der Waals surface area contributed by atoms with Crippen molar-refractivity contribution in [1.82, 2.24) is 9.13 Å². The van der Waals surface area contributed by atoms with Gasteiger partial charge in [-0.1, -0.05) is 72.8 Å². The van der Waals surface area contributed by atoms with E-state index in [0.717, 1.165) is 43.6 Å². The maximum absolute atomic E-state index is 12.8. The Morgan fingerprint density at radius 3 is 1.05 bits per heavy atom. The van der Waals surface area contributed by atoms with Crippen LogP contribution >= 0.6 is 0 Å². The molecule has 6 nitrogen and oxygen atoms in total.